The normalized spacial score (nSPS) is 24.1. The molecule has 7 nitrogen and oxygen atoms in total. The van der Waals surface area contributed by atoms with Gasteiger partial charge in [-0.25, -0.2) is 5.01 Å². The standard InChI is InChI=1S/C20H17N5O2S2/c1-13(26)25-20(2,14-8-4-3-5-9-14)29-19(24-25)23-18-22-17(27)16(28-18)12-15-10-6-7-11-21-15/h3-12H,1-2H3,(H,22,23,24,27)/b16-12-. The molecule has 2 aliphatic heterocycles. The van der Waals surface area contributed by atoms with Crippen molar-refractivity contribution in [2.45, 2.75) is 18.7 Å². The van der Waals surface area contributed by atoms with Crippen molar-refractivity contribution < 1.29 is 9.59 Å². The van der Waals surface area contributed by atoms with E-state index in [-0.39, 0.29) is 11.8 Å². The van der Waals surface area contributed by atoms with Gasteiger partial charge in [0.1, 0.15) is 4.87 Å². The Morgan fingerprint density at radius 2 is 1.97 bits per heavy atom. The first-order valence-corrected chi connectivity index (χ1v) is 10.4. The Morgan fingerprint density at radius 3 is 2.66 bits per heavy atom. The number of hydrogen-bond acceptors (Lipinski definition) is 7. The zero-order valence-electron chi connectivity index (χ0n) is 15.7. The predicted molar refractivity (Wildman–Crippen MR) is 117 cm³/mol. The maximum Gasteiger partial charge on any atom is 0.264 e. The van der Waals surface area contributed by atoms with Crippen LogP contribution in [0.25, 0.3) is 6.08 Å². The van der Waals surface area contributed by atoms with Crippen molar-refractivity contribution >= 4 is 51.7 Å². The number of benzene rings is 1. The lowest BCUT2D eigenvalue weighted by atomic mass is 10.1. The van der Waals surface area contributed by atoms with Gasteiger partial charge < -0.3 is 5.32 Å². The van der Waals surface area contributed by atoms with Gasteiger partial charge in [-0.3, -0.25) is 14.6 Å². The molecule has 1 unspecified atom stereocenters. The highest BCUT2D eigenvalue weighted by Crippen LogP contribution is 2.46. The molecule has 3 heterocycles. The molecular formula is C20H17N5O2S2. The predicted octanol–water partition coefficient (Wildman–Crippen LogP) is 3.38. The number of carbonyl (C=O) groups is 2. The van der Waals surface area contributed by atoms with E-state index in [4.69, 9.17) is 0 Å². The maximum absolute atomic E-state index is 12.3. The summed E-state index contributed by atoms with van der Waals surface area (Å²) in [6.45, 7) is 3.40. The largest absolute Gasteiger partial charge is 0.300 e. The van der Waals surface area contributed by atoms with Crippen LogP contribution in [-0.4, -0.2) is 32.1 Å². The van der Waals surface area contributed by atoms with E-state index in [2.05, 4.69) is 20.4 Å². The number of rotatable bonds is 2. The molecular weight excluding hydrogens is 406 g/mol. The maximum atomic E-state index is 12.3. The van der Waals surface area contributed by atoms with Crippen molar-refractivity contribution in [2.24, 2.45) is 10.1 Å². The number of pyridine rings is 1. The number of aromatic nitrogens is 1. The van der Waals surface area contributed by atoms with E-state index < -0.39 is 4.87 Å². The average molecular weight is 424 g/mol. The van der Waals surface area contributed by atoms with Crippen molar-refractivity contribution in [2.75, 3.05) is 0 Å². The van der Waals surface area contributed by atoms with Gasteiger partial charge in [-0.1, -0.05) is 36.4 Å². The number of nitrogens with zero attached hydrogens (tertiary/aromatic N) is 4. The minimum Gasteiger partial charge on any atom is -0.300 e. The molecule has 0 aliphatic carbocycles. The molecule has 0 bridgehead atoms. The number of nitrogens with one attached hydrogen (secondary N) is 1. The molecule has 0 spiro atoms. The van der Waals surface area contributed by atoms with E-state index in [0.717, 1.165) is 5.56 Å². The van der Waals surface area contributed by atoms with Gasteiger partial charge >= 0.3 is 0 Å². The van der Waals surface area contributed by atoms with Gasteiger partial charge in [0, 0.05) is 13.1 Å². The first-order valence-electron chi connectivity index (χ1n) is 8.80. The first-order chi connectivity index (χ1) is 14.0. The zero-order valence-corrected chi connectivity index (χ0v) is 17.3. The van der Waals surface area contributed by atoms with Crippen LogP contribution in [0.4, 0.5) is 0 Å². The fraction of sp³-hybridized carbons (Fsp3) is 0.150. The lowest BCUT2D eigenvalue weighted by Gasteiger charge is -2.30. The van der Waals surface area contributed by atoms with Gasteiger partial charge in [0.15, 0.2) is 5.17 Å². The van der Waals surface area contributed by atoms with Crippen molar-refractivity contribution in [3.63, 3.8) is 0 Å². The summed E-state index contributed by atoms with van der Waals surface area (Å²) in [6, 6.07) is 15.2. The second kappa shape index (κ2) is 7.84. The molecule has 1 aromatic carbocycles. The summed E-state index contributed by atoms with van der Waals surface area (Å²) >= 11 is 2.59. The van der Waals surface area contributed by atoms with E-state index in [1.807, 2.05) is 55.5 Å². The zero-order chi connectivity index (χ0) is 20.4. The van der Waals surface area contributed by atoms with Crippen LogP contribution in [0.3, 0.4) is 0 Å². The Balaban J connectivity index is 1.59. The number of amides is 2. The molecule has 29 heavy (non-hydrogen) atoms. The molecule has 1 aromatic heterocycles. The highest BCUT2D eigenvalue weighted by molar-refractivity contribution is 8.19. The van der Waals surface area contributed by atoms with Crippen LogP contribution in [0.5, 0.6) is 0 Å². The van der Waals surface area contributed by atoms with E-state index in [0.29, 0.717) is 20.9 Å². The van der Waals surface area contributed by atoms with E-state index in [9.17, 15) is 9.59 Å². The Labute approximate surface area is 176 Å². The minimum atomic E-state index is -0.702. The van der Waals surface area contributed by atoms with E-state index in [1.165, 1.54) is 35.5 Å². The van der Waals surface area contributed by atoms with Crippen LogP contribution >= 0.6 is 23.5 Å². The lowest BCUT2D eigenvalue weighted by molar-refractivity contribution is -0.131. The Kier molecular flexibility index (Phi) is 5.25. The second-order valence-corrected chi connectivity index (χ2v) is 8.80. The summed E-state index contributed by atoms with van der Waals surface area (Å²) < 4.78 is 0. The monoisotopic (exact) mass is 423 g/mol. The third-order valence-electron chi connectivity index (χ3n) is 4.30. The number of thioether (sulfide) groups is 2. The molecule has 2 aliphatic rings. The summed E-state index contributed by atoms with van der Waals surface area (Å²) in [4.78, 5) is 32.9. The molecule has 1 atom stereocenters. The molecule has 1 fully saturated rings. The third kappa shape index (κ3) is 3.96. The molecule has 4 rings (SSSR count). The van der Waals surface area contributed by atoms with Crippen LogP contribution < -0.4 is 5.32 Å². The number of hydrogen-bond donors (Lipinski definition) is 1. The van der Waals surface area contributed by atoms with Crippen LogP contribution in [0.2, 0.25) is 0 Å². The summed E-state index contributed by atoms with van der Waals surface area (Å²) in [6.07, 6.45) is 3.38. The van der Waals surface area contributed by atoms with Crippen molar-refractivity contribution in [1.82, 2.24) is 15.3 Å². The topological polar surface area (TPSA) is 87.0 Å². The second-order valence-electron chi connectivity index (χ2n) is 6.40. The van der Waals surface area contributed by atoms with Crippen LogP contribution in [0.15, 0.2) is 69.7 Å². The third-order valence-corrected chi connectivity index (χ3v) is 6.37. The summed E-state index contributed by atoms with van der Waals surface area (Å²) in [7, 11) is 0. The highest BCUT2D eigenvalue weighted by Gasteiger charge is 2.44. The number of hydrazone groups is 1. The first kappa shape index (κ1) is 19.4. The van der Waals surface area contributed by atoms with Crippen LogP contribution in [-0.2, 0) is 14.5 Å². The van der Waals surface area contributed by atoms with Crippen molar-refractivity contribution in [3.8, 4) is 0 Å². The van der Waals surface area contributed by atoms with Crippen molar-refractivity contribution in [1.29, 1.82) is 0 Å². The molecule has 0 saturated carbocycles. The smallest absolute Gasteiger partial charge is 0.264 e. The molecule has 2 aromatic rings. The summed E-state index contributed by atoms with van der Waals surface area (Å²) in [5.41, 5.74) is 1.64. The van der Waals surface area contributed by atoms with Crippen LogP contribution in [0.1, 0.15) is 25.1 Å². The molecule has 0 radical (unpaired) electrons. The summed E-state index contributed by atoms with van der Waals surface area (Å²) in [5.74, 6) is -0.421. The minimum absolute atomic E-state index is 0.182. The van der Waals surface area contributed by atoms with Crippen LogP contribution in [0, 0.1) is 0 Å². The SMILES string of the molecule is CC(=O)N1N=C(/N=C2\NC(=O)/C(=C/c3ccccn3)S2)SC1(C)c1ccccc1. The van der Waals surface area contributed by atoms with Gasteiger partial charge in [0.25, 0.3) is 5.91 Å². The number of amidine groups is 2. The van der Waals surface area contributed by atoms with Gasteiger partial charge in [-0.05, 0) is 54.2 Å². The van der Waals surface area contributed by atoms with E-state index >= 15 is 0 Å². The molecule has 146 valence electrons. The van der Waals surface area contributed by atoms with Gasteiger partial charge in [-0.2, -0.15) is 4.99 Å². The molecule has 1 N–H and O–H groups in total. The van der Waals surface area contributed by atoms with Gasteiger partial charge in [0.05, 0.1) is 10.6 Å². The Hall–Kier alpha value is -2.91. The summed E-state index contributed by atoms with van der Waals surface area (Å²) in [5, 5.41) is 9.40. The molecule has 9 heteroatoms. The molecule has 1 saturated heterocycles. The average Bonchev–Trinajstić information content (AvgIpc) is 3.23. The quantitative estimate of drug-likeness (QED) is 0.749. The Bertz CT molecular complexity index is 1050. The van der Waals surface area contributed by atoms with E-state index in [1.54, 1.807) is 12.3 Å². The van der Waals surface area contributed by atoms with Gasteiger partial charge in [0.2, 0.25) is 11.1 Å². The highest BCUT2D eigenvalue weighted by atomic mass is 32.2. The fourth-order valence-electron chi connectivity index (χ4n) is 2.93. The Morgan fingerprint density at radius 1 is 1.21 bits per heavy atom. The molecule has 2 amide bonds. The van der Waals surface area contributed by atoms with Gasteiger partial charge in [-0.15, -0.1) is 5.10 Å². The fourth-order valence-corrected chi connectivity index (χ4v) is 4.92. The number of carbonyl (C=O) groups excluding carboxylic acids is 2. The number of aliphatic imine (C=N–C) groups is 1. The lowest BCUT2D eigenvalue weighted by Crippen LogP contribution is -2.37. The van der Waals surface area contributed by atoms with Crippen molar-refractivity contribution in [3.05, 3.63) is 70.9 Å².